The predicted octanol–water partition coefficient (Wildman–Crippen LogP) is 3.79. The lowest BCUT2D eigenvalue weighted by Gasteiger charge is -2.40. The van der Waals surface area contributed by atoms with Crippen LogP contribution in [0.2, 0.25) is 0 Å². The Balaban J connectivity index is 1.87. The van der Waals surface area contributed by atoms with Crippen LogP contribution < -0.4 is 15.2 Å². The molecule has 3 atom stereocenters. The van der Waals surface area contributed by atoms with Gasteiger partial charge in [0.15, 0.2) is 11.5 Å². The van der Waals surface area contributed by atoms with Crippen molar-refractivity contribution in [2.75, 3.05) is 14.2 Å². The van der Waals surface area contributed by atoms with Crippen LogP contribution in [0.15, 0.2) is 36.4 Å². The van der Waals surface area contributed by atoms with Gasteiger partial charge in [-0.25, -0.2) is 0 Å². The molecule has 0 fully saturated rings. The molecule has 4 rings (SSSR count). The number of aryl methyl sites for hydroxylation is 1. The molecule has 3 heteroatoms. The van der Waals surface area contributed by atoms with Crippen molar-refractivity contribution in [3.8, 4) is 11.5 Å². The first-order valence-corrected chi connectivity index (χ1v) is 8.80. The first kappa shape index (κ1) is 15.5. The van der Waals surface area contributed by atoms with Crippen LogP contribution in [-0.2, 0) is 12.8 Å². The Morgan fingerprint density at radius 2 is 1.88 bits per heavy atom. The number of ether oxygens (including phenoxy) is 2. The van der Waals surface area contributed by atoms with E-state index in [-0.39, 0.29) is 6.04 Å². The van der Waals surface area contributed by atoms with Crippen molar-refractivity contribution in [3.05, 3.63) is 58.7 Å². The quantitative estimate of drug-likeness (QED) is 0.934. The Morgan fingerprint density at radius 3 is 2.58 bits per heavy atom. The van der Waals surface area contributed by atoms with Gasteiger partial charge in [-0.15, -0.1) is 0 Å². The van der Waals surface area contributed by atoms with Gasteiger partial charge in [0.05, 0.1) is 14.2 Å². The molecular formula is C21H25NO2. The molecule has 0 spiro atoms. The highest BCUT2D eigenvalue weighted by atomic mass is 16.5. The van der Waals surface area contributed by atoms with Gasteiger partial charge in [-0.1, -0.05) is 30.3 Å². The maximum atomic E-state index is 6.54. The van der Waals surface area contributed by atoms with E-state index < -0.39 is 0 Å². The smallest absolute Gasteiger partial charge is 0.164 e. The summed E-state index contributed by atoms with van der Waals surface area (Å²) >= 11 is 0. The van der Waals surface area contributed by atoms with Gasteiger partial charge in [0, 0.05) is 17.5 Å². The van der Waals surface area contributed by atoms with E-state index in [0.717, 1.165) is 37.2 Å². The van der Waals surface area contributed by atoms with E-state index in [1.807, 2.05) is 0 Å². The molecule has 126 valence electrons. The summed E-state index contributed by atoms with van der Waals surface area (Å²) in [6.07, 6.45) is 4.21. The Labute approximate surface area is 143 Å². The first-order valence-electron chi connectivity index (χ1n) is 8.80. The molecule has 0 heterocycles. The van der Waals surface area contributed by atoms with Crippen LogP contribution in [-0.4, -0.2) is 20.3 Å². The average molecular weight is 323 g/mol. The third kappa shape index (κ3) is 2.39. The maximum Gasteiger partial charge on any atom is 0.164 e. The van der Waals surface area contributed by atoms with Crippen LogP contribution in [0, 0.1) is 0 Å². The molecule has 0 saturated heterocycles. The van der Waals surface area contributed by atoms with Gasteiger partial charge in [0.2, 0.25) is 0 Å². The number of benzene rings is 2. The van der Waals surface area contributed by atoms with E-state index >= 15 is 0 Å². The molecule has 2 aromatic carbocycles. The standard InChI is InChI=1S/C21H25NO2/c1-23-19-12-14-8-9-18(22)16-10-15(13-6-4-3-5-7-13)11-17(20(14)16)21(19)24-2/h3-7,12,15-16,18H,8-11,22H2,1-2H3. The molecule has 2 aromatic rings. The van der Waals surface area contributed by atoms with Crippen molar-refractivity contribution < 1.29 is 9.47 Å². The van der Waals surface area contributed by atoms with E-state index in [9.17, 15) is 0 Å². The second-order valence-electron chi connectivity index (χ2n) is 7.02. The Kier molecular flexibility index (Phi) is 3.97. The molecule has 0 radical (unpaired) electrons. The van der Waals surface area contributed by atoms with Gasteiger partial charge in [-0.2, -0.15) is 0 Å². The Bertz CT molecular complexity index is 741. The maximum absolute atomic E-state index is 6.54. The SMILES string of the molecule is COc1cc2c3c(c1OC)CC(c1ccccc1)CC3C(N)CC2. The summed E-state index contributed by atoms with van der Waals surface area (Å²) in [5.74, 6) is 2.66. The van der Waals surface area contributed by atoms with Crippen LogP contribution >= 0.6 is 0 Å². The third-order valence-corrected chi connectivity index (χ3v) is 5.79. The lowest BCUT2D eigenvalue weighted by molar-refractivity contribution is 0.334. The molecule has 3 unspecified atom stereocenters. The number of hydrogen-bond donors (Lipinski definition) is 1. The van der Waals surface area contributed by atoms with Crippen molar-refractivity contribution in [3.63, 3.8) is 0 Å². The van der Waals surface area contributed by atoms with Crippen LogP contribution in [0.25, 0.3) is 0 Å². The number of hydrogen-bond acceptors (Lipinski definition) is 3. The van der Waals surface area contributed by atoms with Gasteiger partial charge in [-0.05, 0) is 54.4 Å². The van der Waals surface area contributed by atoms with E-state index in [1.165, 1.54) is 22.3 Å². The average Bonchev–Trinajstić information content (AvgIpc) is 2.64. The second kappa shape index (κ2) is 6.14. The normalized spacial score (nSPS) is 25.0. The summed E-state index contributed by atoms with van der Waals surface area (Å²) in [5, 5.41) is 0. The largest absolute Gasteiger partial charge is 0.493 e. The summed E-state index contributed by atoms with van der Waals surface area (Å²) in [5.41, 5.74) is 12.1. The number of rotatable bonds is 3. The molecular weight excluding hydrogens is 298 g/mol. The molecule has 0 aromatic heterocycles. The third-order valence-electron chi connectivity index (χ3n) is 5.79. The Morgan fingerprint density at radius 1 is 1.08 bits per heavy atom. The van der Waals surface area contributed by atoms with Gasteiger partial charge in [0.1, 0.15) is 0 Å². The lowest BCUT2D eigenvalue weighted by atomic mass is 9.66. The zero-order valence-corrected chi connectivity index (χ0v) is 14.4. The fourth-order valence-corrected chi connectivity index (χ4v) is 4.66. The molecule has 2 aliphatic carbocycles. The summed E-state index contributed by atoms with van der Waals surface area (Å²) in [4.78, 5) is 0. The molecule has 0 saturated carbocycles. The molecule has 24 heavy (non-hydrogen) atoms. The van der Waals surface area contributed by atoms with Crippen molar-refractivity contribution in [1.82, 2.24) is 0 Å². The van der Waals surface area contributed by atoms with E-state index in [0.29, 0.717) is 11.8 Å². The zero-order chi connectivity index (χ0) is 16.7. The summed E-state index contributed by atoms with van der Waals surface area (Å²) in [6.45, 7) is 0. The summed E-state index contributed by atoms with van der Waals surface area (Å²) < 4.78 is 11.4. The highest BCUT2D eigenvalue weighted by Gasteiger charge is 2.38. The lowest BCUT2D eigenvalue weighted by Crippen LogP contribution is -2.37. The summed E-state index contributed by atoms with van der Waals surface area (Å²) in [6, 6.07) is 13.2. The van der Waals surface area contributed by atoms with Crippen LogP contribution in [0.3, 0.4) is 0 Å². The zero-order valence-electron chi connectivity index (χ0n) is 14.4. The monoisotopic (exact) mass is 323 g/mol. The van der Waals surface area contributed by atoms with Crippen LogP contribution in [0.1, 0.15) is 46.9 Å². The Hall–Kier alpha value is -2.00. The van der Waals surface area contributed by atoms with E-state index in [1.54, 1.807) is 14.2 Å². The molecule has 3 nitrogen and oxygen atoms in total. The fourth-order valence-electron chi connectivity index (χ4n) is 4.66. The van der Waals surface area contributed by atoms with Gasteiger partial charge in [0.25, 0.3) is 0 Å². The minimum absolute atomic E-state index is 0.237. The number of nitrogens with two attached hydrogens (primary N) is 1. The van der Waals surface area contributed by atoms with Crippen LogP contribution in [0.5, 0.6) is 11.5 Å². The van der Waals surface area contributed by atoms with Crippen molar-refractivity contribution >= 4 is 0 Å². The molecule has 2 aliphatic rings. The van der Waals surface area contributed by atoms with E-state index in [2.05, 4.69) is 36.4 Å². The van der Waals surface area contributed by atoms with Gasteiger partial charge < -0.3 is 15.2 Å². The minimum atomic E-state index is 0.237. The van der Waals surface area contributed by atoms with Gasteiger partial charge >= 0.3 is 0 Å². The molecule has 0 amide bonds. The minimum Gasteiger partial charge on any atom is -0.493 e. The first-order chi connectivity index (χ1) is 11.7. The van der Waals surface area contributed by atoms with E-state index in [4.69, 9.17) is 15.2 Å². The molecule has 0 bridgehead atoms. The summed E-state index contributed by atoms with van der Waals surface area (Å²) in [7, 11) is 3.46. The van der Waals surface area contributed by atoms with Crippen LogP contribution in [0.4, 0.5) is 0 Å². The highest BCUT2D eigenvalue weighted by molar-refractivity contribution is 5.58. The fraction of sp³-hybridized carbons (Fsp3) is 0.429. The molecule has 2 N–H and O–H groups in total. The van der Waals surface area contributed by atoms with Crippen molar-refractivity contribution in [2.24, 2.45) is 5.73 Å². The molecule has 0 aliphatic heterocycles. The topological polar surface area (TPSA) is 44.5 Å². The van der Waals surface area contributed by atoms with Crippen molar-refractivity contribution in [2.45, 2.75) is 43.6 Å². The van der Waals surface area contributed by atoms with Crippen molar-refractivity contribution in [1.29, 1.82) is 0 Å². The second-order valence-corrected chi connectivity index (χ2v) is 7.02. The van der Waals surface area contributed by atoms with Gasteiger partial charge in [-0.3, -0.25) is 0 Å². The highest BCUT2D eigenvalue weighted by Crippen LogP contribution is 2.51. The predicted molar refractivity (Wildman–Crippen MR) is 96.1 cm³/mol. The number of methoxy groups -OCH3 is 2.